The van der Waals surface area contributed by atoms with Gasteiger partial charge in [0.15, 0.2) is 0 Å². The van der Waals surface area contributed by atoms with Crippen molar-refractivity contribution in [2.75, 3.05) is 26.9 Å². The molecule has 0 aromatic carbocycles. The number of hydrogen-bond donors (Lipinski definition) is 0. The van der Waals surface area contributed by atoms with E-state index in [9.17, 15) is 9.59 Å². The third-order valence-corrected chi connectivity index (χ3v) is 1.99. The molecule has 0 bridgehead atoms. The molecule has 0 aliphatic carbocycles. The average molecular weight is 187 g/mol. The van der Waals surface area contributed by atoms with Crippen molar-refractivity contribution in [1.82, 2.24) is 4.90 Å². The summed E-state index contributed by atoms with van der Waals surface area (Å²) >= 11 is 0. The van der Waals surface area contributed by atoms with Gasteiger partial charge < -0.3 is 14.4 Å². The molecule has 1 atom stereocenters. The standard InChI is InChI=1S/C8H13NO4/c1-6-5-13-4-3-9(6)7(10)8(11)12-2/h6H,3-5H2,1-2H3. The third-order valence-electron chi connectivity index (χ3n) is 1.99. The largest absolute Gasteiger partial charge is 0.462 e. The topological polar surface area (TPSA) is 55.8 Å². The zero-order chi connectivity index (χ0) is 9.84. The maximum atomic E-state index is 11.3. The van der Waals surface area contributed by atoms with Gasteiger partial charge in [0.1, 0.15) is 0 Å². The Morgan fingerprint density at radius 3 is 2.77 bits per heavy atom. The van der Waals surface area contributed by atoms with Gasteiger partial charge in [0.25, 0.3) is 0 Å². The van der Waals surface area contributed by atoms with E-state index in [1.807, 2.05) is 6.92 Å². The smallest absolute Gasteiger partial charge is 0.396 e. The number of nitrogens with zero attached hydrogens (tertiary/aromatic N) is 1. The number of esters is 1. The first-order valence-electron chi connectivity index (χ1n) is 4.13. The molecule has 13 heavy (non-hydrogen) atoms. The van der Waals surface area contributed by atoms with E-state index in [-0.39, 0.29) is 6.04 Å². The Bertz CT molecular complexity index is 216. The lowest BCUT2D eigenvalue weighted by Gasteiger charge is -2.32. The Morgan fingerprint density at radius 2 is 2.23 bits per heavy atom. The molecule has 0 N–H and O–H groups in total. The molecule has 1 amide bonds. The van der Waals surface area contributed by atoms with Gasteiger partial charge in [-0.2, -0.15) is 0 Å². The SMILES string of the molecule is COC(=O)C(=O)N1CCOCC1C. The van der Waals surface area contributed by atoms with E-state index in [2.05, 4.69) is 4.74 Å². The number of carbonyl (C=O) groups excluding carboxylic acids is 2. The fourth-order valence-corrected chi connectivity index (χ4v) is 1.23. The van der Waals surface area contributed by atoms with Gasteiger partial charge in [-0.05, 0) is 6.92 Å². The monoisotopic (exact) mass is 187 g/mol. The fourth-order valence-electron chi connectivity index (χ4n) is 1.23. The highest BCUT2D eigenvalue weighted by Gasteiger charge is 2.28. The number of methoxy groups -OCH3 is 1. The van der Waals surface area contributed by atoms with Gasteiger partial charge in [0.05, 0.1) is 26.4 Å². The molecule has 1 heterocycles. The van der Waals surface area contributed by atoms with Crippen LogP contribution in [0.4, 0.5) is 0 Å². The second-order valence-electron chi connectivity index (χ2n) is 2.91. The summed E-state index contributed by atoms with van der Waals surface area (Å²) in [4.78, 5) is 23.7. The Kier molecular flexibility index (Phi) is 3.25. The van der Waals surface area contributed by atoms with Crippen molar-refractivity contribution in [2.45, 2.75) is 13.0 Å². The Balaban J connectivity index is 2.58. The molecule has 74 valence electrons. The molecule has 1 aliphatic heterocycles. The number of rotatable bonds is 0. The van der Waals surface area contributed by atoms with Gasteiger partial charge >= 0.3 is 11.9 Å². The maximum Gasteiger partial charge on any atom is 0.396 e. The summed E-state index contributed by atoms with van der Waals surface area (Å²) in [6.45, 7) is 3.24. The summed E-state index contributed by atoms with van der Waals surface area (Å²) in [7, 11) is 1.20. The van der Waals surface area contributed by atoms with Crippen LogP contribution in [0.2, 0.25) is 0 Å². The van der Waals surface area contributed by atoms with Gasteiger partial charge in [-0.1, -0.05) is 0 Å². The quantitative estimate of drug-likeness (QED) is 0.375. The van der Waals surface area contributed by atoms with Gasteiger partial charge in [-0.3, -0.25) is 4.79 Å². The van der Waals surface area contributed by atoms with Gasteiger partial charge in [-0.15, -0.1) is 0 Å². The van der Waals surface area contributed by atoms with Crippen molar-refractivity contribution >= 4 is 11.9 Å². The lowest BCUT2D eigenvalue weighted by atomic mass is 10.2. The number of hydrogen-bond acceptors (Lipinski definition) is 4. The lowest BCUT2D eigenvalue weighted by molar-refractivity contribution is -0.162. The predicted molar refractivity (Wildman–Crippen MR) is 44.0 cm³/mol. The van der Waals surface area contributed by atoms with E-state index in [0.717, 1.165) is 0 Å². The van der Waals surface area contributed by atoms with Crippen LogP contribution in [0.1, 0.15) is 6.92 Å². The van der Waals surface area contributed by atoms with Gasteiger partial charge in [0, 0.05) is 6.54 Å². The number of amides is 1. The maximum absolute atomic E-state index is 11.3. The summed E-state index contributed by atoms with van der Waals surface area (Å²) in [5.41, 5.74) is 0. The summed E-state index contributed by atoms with van der Waals surface area (Å²) in [6, 6.07) is -0.0552. The normalized spacial score (nSPS) is 22.6. The molecule has 1 unspecified atom stereocenters. The summed E-state index contributed by atoms with van der Waals surface area (Å²) < 4.78 is 9.47. The molecule has 0 aromatic heterocycles. The Labute approximate surface area is 76.6 Å². The minimum Gasteiger partial charge on any atom is -0.462 e. The molecule has 0 aromatic rings. The summed E-state index contributed by atoms with van der Waals surface area (Å²) in [5.74, 6) is -1.40. The van der Waals surface area contributed by atoms with Crippen molar-refractivity contribution in [3.8, 4) is 0 Å². The number of morpholine rings is 1. The van der Waals surface area contributed by atoms with Crippen LogP contribution in [0.5, 0.6) is 0 Å². The molecule has 1 saturated heterocycles. The van der Waals surface area contributed by atoms with Crippen LogP contribution in [0.3, 0.4) is 0 Å². The zero-order valence-corrected chi connectivity index (χ0v) is 7.78. The molecule has 0 radical (unpaired) electrons. The van der Waals surface area contributed by atoms with E-state index < -0.39 is 11.9 Å². The second kappa shape index (κ2) is 4.23. The minimum atomic E-state index is -0.811. The van der Waals surface area contributed by atoms with Crippen molar-refractivity contribution < 1.29 is 19.1 Å². The van der Waals surface area contributed by atoms with Crippen molar-refractivity contribution in [1.29, 1.82) is 0 Å². The molecular weight excluding hydrogens is 174 g/mol. The Morgan fingerprint density at radius 1 is 1.54 bits per heavy atom. The van der Waals surface area contributed by atoms with E-state index >= 15 is 0 Å². The highest BCUT2D eigenvalue weighted by molar-refractivity contribution is 6.32. The molecule has 5 heteroatoms. The van der Waals surface area contributed by atoms with Crippen LogP contribution in [-0.4, -0.2) is 49.7 Å². The Hall–Kier alpha value is -1.10. The van der Waals surface area contributed by atoms with E-state index in [1.165, 1.54) is 12.0 Å². The second-order valence-corrected chi connectivity index (χ2v) is 2.91. The molecule has 5 nitrogen and oxygen atoms in total. The lowest BCUT2D eigenvalue weighted by Crippen LogP contribution is -2.49. The minimum absolute atomic E-state index is 0.0552. The first-order valence-corrected chi connectivity index (χ1v) is 4.13. The average Bonchev–Trinajstić information content (AvgIpc) is 2.16. The van der Waals surface area contributed by atoms with Crippen LogP contribution in [-0.2, 0) is 19.1 Å². The molecular formula is C8H13NO4. The molecule has 1 fully saturated rings. The number of ether oxygens (including phenoxy) is 2. The summed E-state index contributed by atoms with van der Waals surface area (Å²) in [6.07, 6.45) is 0. The predicted octanol–water partition coefficient (Wildman–Crippen LogP) is -0.593. The third kappa shape index (κ3) is 2.18. The van der Waals surface area contributed by atoms with E-state index in [1.54, 1.807) is 0 Å². The van der Waals surface area contributed by atoms with Crippen LogP contribution in [0, 0.1) is 0 Å². The van der Waals surface area contributed by atoms with Crippen LogP contribution >= 0.6 is 0 Å². The first-order chi connectivity index (χ1) is 6.16. The first kappa shape index (κ1) is 9.98. The molecule has 1 aliphatic rings. The molecule has 0 saturated carbocycles. The highest BCUT2D eigenvalue weighted by Crippen LogP contribution is 2.06. The van der Waals surface area contributed by atoms with E-state index in [4.69, 9.17) is 4.74 Å². The van der Waals surface area contributed by atoms with Crippen LogP contribution in [0.15, 0.2) is 0 Å². The summed E-state index contributed by atoms with van der Waals surface area (Å²) in [5, 5.41) is 0. The van der Waals surface area contributed by atoms with Crippen molar-refractivity contribution in [2.24, 2.45) is 0 Å². The van der Waals surface area contributed by atoms with Crippen LogP contribution < -0.4 is 0 Å². The van der Waals surface area contributed by atoms with Gasteiger partial charge in [-0.25, -0.2) is 4.79 Å². The molecule has 1 rings (SSSR count). The number of carbonyl (C=O) groups is 2. The zero-order valence-electron chi connectivity index (χ0n) is 7.78. The highest BCUT2D eigenvalue weighted by atomic mass is 16.5. The van der Waals surface area contributed by atoms with E-state index in [0.29, 0.717) is 19.8 Å². The fraction of sp³-hybridized carbons (Fsp3) is 0.750. The van der Waals surface area contributed by atoms with Gasteiger partial charge in [0.2, 0.25) is 0 Å². The molecule has 0 spiro atoms. The van der Waals surface area contributed by atoms with Crippen LogP contribution in [0.25, 0.3) is 0 Å². The van der Waals surface area contributed by atoms with Crippen molar-refractivity contribution in [3.05, 3.63) is 0 Å². The van der Waals surface area contributed by atoms with Crippen molar-refractivity contribution in [3.63, 3.8) is 0 Å².